The Hall–Kier alpha value is -3.28. The Morgan fingerprint density at radius 3 is 2.62 bits per heavy atom. The van der Waals surface area contributed by atoms with E-state index in [9.17, 15) is 9.18 Å². The van der Waals surface area contributed by atoms with Crippen LogP contribution in [-0.2, 0) is 6.42 Å². The second kappa shape index (κ2) is 7.74. The molecule has 3 rings (SSSR count). The third-order valence-electron chi connectivity index (χ3n) is 3.96. The predicted molar refractivity (Wildman–Crippen MR) is 100 cm³/mol. The van der Waals surface area contributed by atoms with Crippen LogP contribution in [0.1, 0.15) is 28.5 Å². The van der Waals surface area contributed by atoms with Crippen LogP contribution in [0.3, 0.4) is 0 Å². The third kappa shape index (κ3) is 4.03. The Balaban J connectivity index is 1.73. The van der Waals surface area contributed by atoms with Crippen molar-refractivity contribution in [3.8, 4) is 0 Å². The van der Waals surface area contributed by atoms with Crippen LogP contribution in [0, 0.1) is 12.7 Å². The summed E-state index contributed by atoms with van der Waals surface area (Å²) in [6, 6.07) is 11.9. The van der Waals surface area contributed by atoms with Crippen molar-refractivity contribution >= 4 is 23.1 Å². The average Bonchev–Trinajstić information content (AvgIpc) is 2.64. The minimum atomic E-state index is -0.344. The highest BCUT2D eigenvalue weighted by Crippen LogP contribution is 2.22. The summed E-state index contributed by atoms with van der Waals surface area (Å²) < 4.78 is 13.2. The van der Waals surface area contributed by atoms with Gasteiger partial charge in [0.2, 0.25) is 0 Å². The number of aryl methyl sites for hydroxylation is 2. The summed E-state index contributed by atoms with van der Waals surface area (Å²) in [5.41, 5.74) is 3.64. The van der Waals surface area contributed by atoms with Crippen molar-refractivity contribution in [2.24, 2.45) is 0 Å². The molecule has 0 fully saturated rings. The summed E-state index contributed by atoms with van der Waals surface area (Å²) in [5, 5.41) is 5.85. The van der Waals surface area contributed by atoms with Gasteiger partial charge in [-0.25, -0.2) is 14.4 Å². The van der Waals surface area contributed by atoms with Gasteiger partial charge in [-0.2, -0.15) is 0 Å². The molecule has 0 spiro atoms. The molecule has 1 heterocycles. The van der Waals surface area contributed by atoms with Crippen LogP contribution in [0.2, 0.25) is 0 Å². The van der Waals surface area contributed by atoms with Crippen LogP contribution in [0.4, 0.5) is 21.6 Å². The molecule has 26 heavy (non-hydrogen) atoms. The molecule has 0 saturated heterocycles. The van der Waals surface area contributed by atoms with Crippen LogP contribution >= 0.6 is 0 Å². The number of amides is 1. The normalized spacial score (nSPS) is 10.4. The molecule has 0 atom stereocenters. The lowest BCUT2D eigenvalue weighted by Crippen LogP contribution is -2.16. The maximum atomic E-state index is 13.2. The fourth-order valence-electron chi connectivity index (χ4n) is 2.60. The van der Waals surface area contributed by atoms with E-state index in [1.54, 1.807) is 12.1 Å². The van der Waals surface area contributed by atoms with Gasteiger partial charge in [0, 0.05) is 11.4 Å². The zero-order valence-corrected chi connectivity index (χ0v) is 14.6. The van der Waals surface area contributed by atoms with Crippen molar-refractivity contribution in [2.45, 2.75) is 20.3 Å². The van der Waals surface area contributed by atoms with Gasteiger partial charge in [0.1, 0.15) is 17.3 Å². The number of halogens is 1. The molecule has 0 bridgehead atoms. The summed E-state index contributed by atoms with van der Waals surface area (Å²) >= 11 is 0. The number of rotatable bonds is 5. The van der Waals surface area contributed by atoms with E-state index in [0.717, 1.165) is 23.2 Å². The molecule has 0 saturated carbocycles. The molecule has 132 valence electrons. The number of hydrogen-bond donors (Lipinski definition) is 2. The third-order valence-corrected chi connectivity index (χ3v) is 3.96. The van der Waals surface area contributed by atoms with Crippen molar-refractivity contribution < 1.29 is 9.18 Å². The molecule has 0 radical (unpaired) electrons. The van der Waals surface area contributed by atoms with E-state index >= 15 is 0 Å². The van der Waals surface area contributed by atoms with E-state index in [1.165, 1.54) is 24.5 Å². The van der Waals surface area contributed by atoms with Crippen molar-refractivity contribution in [2.75, 3.05) is 10.6 Å². The molecule has 3 aromatic rings. The first-order valence-corrected chi connectivity index (χ1v) is 8.31. The maximum absolute atomic E-state index is 13.2. The van der Waals surface area contributed by atoms with Gasteiger partial charge in [0.05, 0.1) is 12.4 Å². The highest BCUT2D eigenvalue weighted by atomic mass is 19.1. The summed E-state index contributed by atoms with van der Waals surface area (Å²) in [7, 11) is 0. The SMILES string of the molecule is CCc1cccc(C)c1NC(=O)c1cnc(Nc2cccc(F)c2)cn1. The summed E-state index contributed by atoms with van der Waals surface area (Å²) in [5.74, 6) is -0.236. The van der Waals surface area contributed by atoms with Crippen LogP contribution in [0.15, 0.2) is 54.9 Å². The highest BCUT2D eigenvalue weighted by Gasteiger charge is 2.12. The molecule has 0 aliphatic carbocycles. The number of anilines is 3. The van der Waals surface area contributed by atoms with Crippen molar-refractivity contribution in [1.82, 2.24) is 9.97 Å². The van der Waals surface area contributed by atoms with E-state index in [2.05, 4.69) is 20.6 Å². The lowest BCUT2D eigenvalue weighted by Gasteiger charge is -2.12. The molecule has 0 aliphatic rings. The number of para-hydroxylation sites is 1. The van der Waals surface area contributed by atoms with Gasteiger partial charge in [0.15, 0.2) is 0 Å². The average molecular weight is 350 g/mol. The first kappa shape index (κ1) is 17.5. The van der Waals surface area contributed by atoms with Crippen molar-refractivity contribution in [3.63, 3.8) is 0 Å². The quantitative estimate of drug-likeness (QED) is 0.712. The Morgan fingerprint density at radius 2 is 1.92 bits per heavy atom. The molecular formula is C20H19FN4O. The molecule has 0 aliphatic heterocycles. The van der Waals surface area contributed by atoms with Crippen molar-refractivity contribution in [1.29, 1.82) is 0 Å². The first-order chi connectivity index (χ1) is 12.6. The Labute approximate surface area is 151 Å². The standard InChI is InChI=1S/C20H19FN4O/c1-3-14-7-4-6-13(2)19(14)25-20(26)17-11-23-18(12-22-17)24-16-9-5-8-15(21)10-16/h4-12H,3H2,1-2H3,(H,23,24)(H,25,26). The van der Waals surface area contributed by atoms with Crippen LogP contribution in [0.5, 0.6) is 0 Å². The minimum Gasteiger partial charge on any atom is -0.339 e. The second-order valence-corrected chi connectivity index (χ2v) is 5.84. The molecular weight excluding hydrogens is 331 g/mol. The summed E-state index contributed by atoms with van der Waals surface area (Å²) in [6.07, 6.45) is 3.65. The topological polar surface area (TPSA) is 66.9 Å². The van der Waals surface area contributed by atoms with Gasteiger partial charge in [-0.15, -0.1) is 0 Å². The molecule has 5 nitrogen and oxygen atoms in total. The molecule has 1 amide bonds. The second-order valence-electron chi connectivity index (χ2n) is 5.84. The fourth-order valence-corrected chi connectivity index (χ4v) is 2.60. The van der Waals surface area contributed by atoms with Crippen LogP contribution < -0.4 is 10.6 Å². The summed E-state index contributed by atoms with van der Waals surface area (Å²) in [4.78, 5) is 20.8. The van der Waals surface area contributed by atoms with E-state index < -0.39 is 0 Å². The number of nitrogens with one attached hydrogen (secondary N) is 2. The zero-order chi connectivity index (χ0) is 18.5. The summed E-state index contributed by atoms with van der Waals surface area (Å²) in [6.45, 7) is 3.99. The Bertz CT molecular complexity index is 925. The molecule has 2 aromatic carbocycles. The largest absolute Gasteiger partial charge is 0.339 e. The number of carbonyl (C=O) groups is 1. The van der Waals surface area contributed by atoms with Gasteiger partial charge in [-0.1, -0.05) is 31.2 Å². The van der Waals surface area contributed by atoms with E-state index in [-0.39, 0.29) is 17.4 Å². The van der Waals surface area contributed by atoms with Crippen LogP contribution in [-0.4, -0.2) is 15.9 Å². The van der Waals surface area contributed by atoms with Crippen LogP contribution in [0.25, 0.3) is 0 Å². The number of hydrogen-bond acceptors (Lipinski definition) is 4. The van der Waals surface area contributed by atoms with Gasteiger partial charge in [-0.05, 0) is 42.7 Å². The molecule has 2 N–H and O–H groups in total. The van der Waals surface area contributed by atoms with Gasteiger partial charge >= 0.3 is 0 Å². The Morgan fingerprint density at radius 1 is 1.12 bits per heavy atom. The number of carbonyl (C=O) groups excluding carboxylic acids is 1. The lowest BCUT2D eigenvalue weighted by molar-refractivity contribution is 0.102. The zero-order valence-electron chi connectivity index (χ0n) is 14.6. The smallest absolute Gasteiger partial charge is 0.275 e. The van der Waals surface area contributed by atoms with Gasteiger partial charge < -0.3 is 10.6 Å². The lowest BCUT2D eigenvalue weighted by atomic mass is 10.1. The van der Waals surface area contributed by atoms with E-state index in [0.29, 0.717) is 11.5 Å². The van der Waals surface area contributed by atoms with Gasteiger partial charge in [0.25, 0.3) is 5.91 Å². The molecule has 0 unspecified atom stereocenters. The van der Waals surface area contributed by atoms with Crippen molar-refractivity contribution in [3.05, 3.63) is 77.5 Å². The maximum Gasteiger partial charge on any atom is 0.275 e. The number of aromatic nitrogens is 2. The predicted octanol–water partition coefficient (Wildman–Crippen LogP) is 4.48. The van der Waals surface area contributed by atoms with E-state index in [4.69, 9.17) is 0 Å². The number of nitrogens with zero attached hydrogens (tertiary/aromatic N) is 2. The molecule has 1 aromatic heterocycles. The highest BCUT2D eigenvalue weighted by molar-refractivity contribution is 6.03. The van der Waals surface area contributed by atoms with E-state index in [1.807, 2.05) is 32.0 Å². The van der Waals surface area contributed by atoms with Gasteiger partial charge in [-0.3, -0.25) is 4.79 Å². The number of benzene rings is 2. The monoisotopic (exact) mass is 350 g/mol. The minimum absolute atomic E-state index is 0.208. The molecule has 6 heteroatoms. The Kier molecular flexibility index (Phi) is 5.22. The fraction of sp³-hybridized carbons (Fsp3) is 0.150. The first-order valence-electron chi connectivity index (χ1n) is 8.31.